The Bertz CT molecular complexity index is 761. The topological polar surface area (TPSA) is 71.4 Å². The number of carbonyl (C=O) groups is 3. The molecule has 0 aromatic carbocycles. The van der Waals surface area contributed by atoms with Crippen LogP contribution in [0.4, 0.5) is 0 Å². The highest BCUT2D eigenvalue weighted by Gasteiger charge is 2.59. The van der Waals surface area contributed by atoms with Crippen molar-refractivity contribution in [2.45, 2.75) is 47.5 Å². The number of allylic oxidation sites excluding steroid dienone is 5. The van der Waals surface area contributed by atoms with Crippen LogP contribution in [0.1, 0.15) is 47.5 Å². The fourth-order valence-corrected chi connectivity index (χ4v) is 4.81. The average molecular weight is 328 g/mol. The molecule has 3 rings (SSSR count). The van der Waals surface area contributed by atoms with Crippen LogP contribution in [-0.2, 0) is 14.4 Å². The Morgan fingerprint density at radius 3 is 2.33 bits per heavy atom. The van der Waals surface area contributed by atoms with Crippen LogP contribution >= 0.6 is 0 Å². The van der Waals surface area contributed by atoms with Gasteiger partial charge in [-0.2, -0.15) is 0 Å². The number of rotatable bonds is 1. The van der Waals surface area contributed by atoms with Crippen molar-refractivity contribution in [3.05, 3.63) is 34.6 Å². The second kappa shape index (κ2) is 5.01. The van der Waals surface area contributed by atoms with Crippen LogP contribution in [0.15, 0.2) is 34.6 Å². The Hall–Kier alpha value is -1.97. The van der Waals surface area contributed by atoms with Crippen molar-refractivity contribution in [1.29, 1.82) is 0 Å². The van der Waals surface area contributed by atoms with Gasteiger partial charge in [0, 0.05) is 34.3 Å². The lowest BCUT2D eigenvalue weighted by atomic mass is 9.49. The van der Waals surface area contributed by atoms with Gasteiger partial charge in [-0.05, 0) is 30.1 Å². The van der Waals surface area contributed by atoms with Gasteiger partial charge in [-0.15, -0.1) is 0 Å². The van der Waals surface area contributed by atoms with Gasteiger partial charge in [-0.1, -0.05) is 34.6 Å². The summed E-state index contributed by atoms with van der Waals surface area (Å²) in [5.74, 6) is -1.22. The van der Waals surface area contributed by atoms with E-state index in [1.807, 2.05) is 20.8 Å². The fourth-order valence-electron chi connectivity index (χ4n) is 4.81. The van der Waals surface area contributed by atoms with Crippen molar-refractivity contribution in [3.8, 4) is 0 Å². The van der Waals surface area contributed by atoms with Gasteiger partial charge in [0.2, 0.25) is 5.78 Å². The monoisotopic (exact) mass is 328 g/mol. The number of carbonyl (C=O) groups excluding carboxylic acids is 3. The van der Waals surface area contributed by atoms with Gasteiger partial charge in [-0.3, -0.25) is 14.4 Å². The first-order valence-corrected chi connectivity index (χ1v) is 8.51. The van der Waals surface area contributed by atoms with Gasteiger partial charge < -0.3 is 5.11 Å². The minimum Gasteiger partial charge on any atom is -0.504 e. The number of hydrogen-bond donors (Lipinski definition) is 1. The third kappa shape index (κ3) is 2.01. The molecule has 0 aromatic rings. The van der Waals surface area contributed by atoms with E-state index in [1.54, 1.807) is 19.9 Å². The summed E-state index contributed by atoms with van der Waals surface area (Å²) in [5.41, 5.74) is 0.192. The normalized spacial score (nSPS) is 32.4. The largest absolute Gasteiger partial charge is 0.504 e. The number of Topliss-reactive ketones (excluding diaryl/α,β-unsaturated/α-hetero) is 2. The molecule has 0 bridgehead atoms. The minimum atomic E-state index is -0.801. The molecule has 0 heterocycles. The van der Waals surface area contributed by atoms with Crippen LogP contribution < -0.4 is 0 Å². The standard InChI is InChI=1S/C20H24O4/c1-10(2)12-8-11-9-13(21)18-19(3,4)14(22)6-7-20(18,5)15(11)17(24)16(12)23/h8-10,18,24H,6-7H2,1-5H3/t18-,20-/m1/s1. The molecule has 0 spiro atoms. The maximum Gasteiger partial charge on any atom is 0.223 e. The smallest absolute Gasteiger partial charge is 0.223 e. The predicted octanol–water partition coefficient (Wildman–Crippen LogP) is 3.48. The maximum absolute atomic E-state index is 12.9. The summed E-state index contributed by atoms with van der Waals surface area (Å²) in [5, 5.41) is 10.7. The van der Waals surface area contributed by atoms with Crippen molar-refractivity contribution in [2.24, 2.45) is 22.7 Å². The number of ketones is 3. The van der Waals surface area contributed by atoms with Crippen LogP contribution in [-0.4, -0.2) is 22.5 Å². The molecule has 0 aromatic heterocycles. The molecule has 0 aliphatic heterocycles. The Labute approximate surface area is 142 Å². The Morgan fingerprint density at radius 2 is 1.75 bits per heavy atom. The Balaban J connectivity index is 2.26. The lowest BCUT2D eigenvalue weighted by Gasteiger charge is -2.52. The van der Waals surface area contributed by atoms with Crippen molar-refractivity contribution in [1.82, 2.24) is 0 Å². The summed E-state index contributed by atoms with van der Waals surface area (Å²) in [7, 11) is 0. The average Bonchev–Trinajstić information content (AvgIpc) is 2.46. The second-order valence-corrected chi connectivity index (χ2v) is 8.30. The summed E-state index contributed by atoms with van der Waals surface area (Å²) >= 11 is 0. The van der Waals surface area contributed by atoms with Gasteiger partial charge in [0.25, 0.3) is 0 Å². The van der Waals surface area contributed by atoms with Crippen molar-refractivity contribution >= 4 is 17.3 Å². The van der Waals surface area contributed by atoms with Gasteiger partial charge in [-0.25, -0.2) is 0 Å². The van der Waals surface area contributed by atoms with E-state index in [9.17, 15) is 19.5 Å². The highest BCUT2D eigenvalue weighted by molar-refractivity contribution is 6.12. The molecule has 0 radical (unpaired) electrons. The van der Waals surface area contributed by atoms with Crippen LogP contribution in [0.2, 0.25) is 0 Å². The van der Waals surface area contributed by atoms with E-state index < -0.39 is 16.7 Å². The van der Waals surface area contributed by atoms with Gasteiger partial charge in [0.05, 0.1) is 0 Å². The molecule has 3 aliphatic carbocycles. The number of aliphatic hydroxyl groups is 1. The highest BCUT2D eigenvalue weighted by Crippen LogP contribution is 2.58. The molecule has 128 valence electrons. The van der Waals surface area contributed by atoms with E-state index >= 15 is 0 Å². The molecule has 1 saturated carbocycles. The van der Waals surface area contributed by atoms with Crippen LogP contribution in [0.5, 0.6) is 0 Å². The number of fused-ring (bicyclic) bond motifs is 3. The fraction of sp³-hybridized carbons (Fsp3) is 0.550. The molecule has 1 N–H and O–H groups in total. The molecule has 4 nitrogen and oxygen atoms in total. The molecule has 2 atom stereocenters. The molecular formula is C20H24O4. The highest BCUT2D eigenvalue weighted by atomic mass is 16.3. The first-order valence-electron chi connectivity index (χ1n) is 8.51. The molecule has 4 heteroatoms. The number of aliphatic hydroxyl groups excluding tert-OH is 1. The van der Waals surface area contributed by atoms with E-state index in [0.29, 0.717) is 29.6 Å². The first kappa shape index (κ1) is 16.9. The summed E-state index contributed by atoms with van der Waals surface area (Å²) in [6.45, 7) is 9.28. The molecular weight excluding hydrogens is 304 g/mol. The van der Waals surface area contributed by atoms with Crippen molar-refractivity contribution < 1.29 is 19.5 Å². The lowest BCUT2D eigenvalue weighted by Crippen LogP contribution is -2.54. The van der Waals surface area contributed by atoms with E-state index in [0.717, 1.165) is 0 Å². The zero-order valence-corrected chi connectivity index (χ0v) is 14.9. The Morgan fingerprint density at radius 1 is 1.12 bits per heavy atom. The molecule has 0 amide bonds. The summed E-state index contributed by atoms with van der Waals surface area (Å²) < 4.78 is 0. The molecule has 0 saturated heterocycles. The van der Waals surface area contributed by atoms with E-state index in [2.05, 4.69) is 0 Å². The lowest BCUT2D eigenvalue weighted by molar-refractivity contribution is -0.146. The van der Waals surface area contributed by atoms with Gasteiger partial charge >= 0.3 is 0 Å². The zero-order valence-electron chi connectivity index (χ0n) is 14.9. The van der Waals surface area contributed by atoms with E-state index in [-0.39, 0.29) is 29.0 Å². The predicted molar refractivity (Wildman–Crippen MR) is 90.3 cm³/mol. The third-order valence-electron chi connectivity index (χ3n) is 6.04. The van der Waals surface area contributed by atoms with Crippen LogP contribution in [0.3, 0.4) is 0 Å². The SMILES string of the molecule is CC(C)C1=CC2=CC(=O)[C@@H]3C(C)(C)C(=O)CC[C@]3(C)C2=C(O)C1=O. The van der Waals surface area contributed by atoms with Gasteiger partial charge in [0.15, 0.2) is 11.5 Å². The summed E-state index contributed by atoms with van der Waals surface area (Å²) in [6, 6.07) is 0. The minimum absolute atomic E-state index is 0.0351. The molecule has 24 heavy (non-hydrogen) atoms. The quantitative estimate of drug-likeness (QED) is 0.800. The first-order chi connectivity index (χ1) is 11.0. The van der Waals surface area contributed by atoms with Crippen LogP contribution in [0.25, 0.3) is 0 Å². The Kier molecular flexibility index (Phi) is 3.52. The number of hydrogen-bond acceptors (Lipinski definition) is 4. The van der Waals surface area contributed by atoms with Crippen molar-refractivity contribution in [3.63, 3.8) is 0 Å². The van der Waals surface area contributed by atoms with Crippen molar-refractivity contribution in [2.75, 3.05) is 0 Å². The van der Waals surface area contributed by atoms with E-state index in [1.165, 1.54) is 6.08 Å². The summed E-state index contributed by atoms with van der Waals surface area (Å²) in [6.07, 6.45) is 4.07. The van der Waals surface area contributed by atoms with E-state index in [4.69, 9.17) is 0 Å². The maximum atomic E-state index is 12.9. The molecule has 0 unspecified atom stereocenters. The van der Waals surface area contributed by atoms with Crippen LogP contribution in [0, 0.1) is 22.7 Å². The molecule has 3 aliphatic rings. The third-order valence-corrected chi connectivity index (χ3v) is 6.04. The zero-order chi connectivity index (χ0) is 18.0. The van der Waals surface area contributed by atoms with Gasteiger partial charge in [0.1, 0.15) is 5.78 Å². The summed E-state index contributed by atoms with van der Waals surface area (Å²) in [4.78, 5) is 37.8. The second-order valence-electron chi connectivity index (χ2n) is 8.30. The molecule has 1 fully saturated rings.